The van der Waals surface area contributed by atoms with Crippen molar-refractivity contribution in [3.63, 3.8) is 0 Å². The minimum Gasteiger partial charge on any atom is -0.463 e. The maximum Gasteiger partial charge on any atom is 0.359 e. The molecule has 0 aliphatic heterocycles. The van der Waals surface area contributed by atoms with E-state index in [0.717, 1.165) is 6.08 Å². The van der Waals surface area contributed by atoms with Crippen LogP contribution in [0.2, 0.25) is 0 Å². The van der Waals surface area contributed by atoms with Gasteiger partial charge in [-0.25, -0.2) is 9.59 Å². The molecule has 0 aliphatic rings. The van der Waals surface area contributed by atoms with E-state index in [1.54, 1.807) is 13.8 Å². The Morgan fingerprint density at radius 2 is 1.83 bits per heavy atom. The molecular weight excluding hydrogens is 320 g/mol. The van der Waals surface area contributed by atoms with E-state index in [0.29, 0.717) is 5.69 Å². The van der Waals surface area contributed by atoms with Gasteiger partial charge in [-0.05, 0) is 26.0 Å². The number of hydrogen-bond donors (Lipinski definition) is 1. The first-order valence-electron chi connectivity index (χ1n) is 6.94. The Morgan fingerprint density at radius 3 is 2.38 bits per heavy atom. The van der Waals surface area contributed by atoms with Gasteiger partial charge in [0.1, 0.15) is 0 Å². The van der Waals surface area contributed by atoms with E-state index in [1.807, 2.05) is 0 Å². The molecule has 0 radical (unpaired) electrons. The Bertz CT molecular complexity index is 654. The van der Waals surface area contributed by atoms with Gasteiger partial charge in [0.05, 0.1) is 29.9 Å². The number of anilines is 1. The van der Waals surface area contributed by atoms with Crippen molar-refractivity contribution < 1.29 is 24.0 Å². The van der Waals surface area contributed by atoms with Crippen molar-refractivity contribution in [1.82, 2.24) is 0 Å². The summed E-state index contributed by atoms with van der Waals surface area (Å²) in [5.41, 5.74) is 2.46. The van der Waals surface area contributed by atoms with E-state index < -0.39 is 16.9 Å². The number of nitrogens with one attached hydrogen (secondary N) is 1. The molecule has 1 aromatic carbocycles. The second-order valence-electron chi connectivity index (χ2n) is 4.12. The molecule has 0 unspecified atom stereocenters. The largest absolute Gasteiger partial charge is 0.463 e. The molecular formula is C14H16N4O6. The molecule has 10 heteroatoms. The zero-order valence-corrected chi connectivity index (χ0v) is 13.1. The molecule has 1 aromatic rings. The summed E-state index contributed by atoms with van der Waals surface area (Å²) in [6.07, 6.45) is 0.864. The van der Waals surface area contributed by atoms with Gasteiger partial charge in [0.25, 0.3) is 5.69 Å². The van der Waals surface area contributed by atoms with Gasteiger partial charge in [-0.15, -0.1) is 5.11 Å². The predicted molar refractivity (Wildman–Crippen MR) is 82.9 cm³/mol. The van der Waals surface area contributed by atoms with Crippen LogP contribution in [-0.4, -0.2) is 30.1 Å². The maximum atomic E-state index is 11.7. The molecule has 1 N–H and O–H groups in total. The fraction of sp³-hybridized carbons (Fsp3) is 0.286. The van der Waals surface area contributed by atoms with Crippen LogP contribution < -0.4 is 5.43 Å². The zero-order chi connectivity index (χ0) is 17.9. The summed E-state index contributed by atoms with van der Waals surface area (Å²) in [6.45, 7) is 3.47. The molecule has 0 aliphatic carbocycles. The average molecular weight is 336 g/mol. The fourth-order valence-corrected chi connectivity index (χ4v) is 1.42. The van der Waals surface area contributed by atoms with E-state index in [-0.39, 0.29) is 24.6 Å². The van der Waals surface area contributed by atoms with Gasteiger partial charge < -0.3 is 9.47 Å². The first-order valence-corrected chi connectivity index (χ1v) is 6.94. The number of non-ortho nitro benzene ring substituents is 1. The molecule has 0 saturated carbocycles. The van der Waals surface area contributed by atoms with E-state index in [1.165, 1.54) is 24.3 Å². The molecule has 1 rings (SSSR count). The van der Waals surface area contributed by atoms with Crippen molar-refractivity contribution in [1.29, 1.82) is 0 Å². The number of carbonyl (C=O) groups excluding carboxylic acids is 2. The van der Waals surface area contributed by atoms with E-state index in [4.69, 9.17) is 9.47 Å². The molecule has 0 atom stereocenters. The number of nitro benzene ring substituents is 1. The van der Waals surface area contributed by atoms with Crippen LogP contribution >= 0.6 is 0 Å². The first kappa shape index (κ1) is 18.7. The third-order valence-electron chi connectivity index (χ3n) is 2.44. The smallest absolute Gasteiger partial charge is 0.359 e. The predicted octanol–water partition coefficient (Wildman–Crippen LogP) is 2.38. The minimum atomic E-state index is -0.834. The SMILES string of the molecule is CCOC(=O)/C=C(/N=NNc1ccc([N+](=O)[O-])cc1)C(=O)OCC. The number of carbonyl (C=O) groups is 2. The standard InChI is InChI=1S/C14H16N4O6/c1-3-23-13(19)9-12(14(20)24-4-2)16-17-15-10-5-7-11(8-6-10)18(21)22/h5-9H,3-4H2,1-2H3,(H,15,16)/b12-9+. The van der Waals surface area contributed by atoms with Gasteiger partial charge in [-0.1, -0.05) is 5.22 Å². The topological polar surface area (TPSA) is 132 Å². The molecule has 0 spiro atoms. The van der Waals surface area contributed by atoms with Crippen LogP contribution in [0, 0.1) is 10.1 Å². The van der Waals surface area contributed by atoms with Crippen molar-refractivity contribution in [2.45, 2.75) is 13.8 Å². The van der Waals surface area contributed by atoms with E-state index >= 15 is 0 Å². The first-order chi connectivity index (χ1) is 11.5. The number of esters is 2. The number of ether oxygens (including phenoxy) is 2. The lowest BCUT2D eigenvalue weighted by molar-refractivity contribution is -0.384. The van der Waals surface area contributed by atoms with Crippen LogP contribution in [0.3, 0.4) is 0 Å². The zero-order valence-electron chi connectivity index (χ0n) is 13.1. The number of nitrogens with zero attached hydrogens (tertiary/aromatic N) is 3. The highest BCUT2D eigenvalue weighted by molar-refractivity contribution is 5.95. The number of rotatable bonds is 8. The van der Waals surface area contributed by atoms with Gasteiger partial charge in [-0.3, -0.25) is 15.5 Å². The van der Waals surface area contributed by atoms with Crippen molar-refractivity contribution in [3.05, 3.63) is 46.2 Å². The Morgan fingerprint density at radius 1 is 1.21 bits per heavy atom. The van der Waals surface area contributed by atoms with Crippen molar-refractivity contribution in [2.24, 2.45) is 10.3 Å². The van der Waals surface area contributed by atoms with Crippen LogP contribution in [0.4, 0.5) is 11.4 Å². The Labute approximate surface area is 137 Å². The van der Waals surface area contributed by atoms with Gasteiger partial charge in [0.15, 0.2) is 5.70 Å². The lowest BCUT2D eigenvalue weighted by atomic mass is 10.3. The summed E-state index contributed by atoms with van der Waals surface area (Å²) >= 11 is 0. The van der Waals surface area contributed by atoms with Gasteiger partial charge >= 0.3 is 11.9 Å². The highest BCUT2D eigenvalue weighted by Gasteiger charge is 2.13. The summed E-state index contributed by atoms with van der Waals surface area (Å²) < 4.78 is 9.45. The van der Waals surface area contributed by atoms with Crippen molar-refractivity contribution >= 4 is 23.3 Å². The average Bonchev–Trinajstić information content (AvgIpc) is 2.54. The molecule has 0 fully saturated rings. The monoisotopic (exact) mass is 336 g/mol. The molecule has 0 saturated heterocycles. The van der Waals surface area contributed by atoms with Crippen LogP contribution in [0.1, 0.15) is 13.8 Å². The second-order valence-corrected chi connectivity index (χ2v) is 4.12. The summed E-state index contributed by atoms with van der Waals surface area (Å²) in [5.74, 6) is -1.59. The van der Waals surface area contributed by atoms with E-state index in [2.05, 4.69) is 15.8 Å². The summed E-state index contributed by atoms with van der Waals surface area (Å²) in [6, 6.07) is 5.38. The Hall–Kier alpha value is -3.30. The number of benzene rings is 1. The lowest BCUT2D eigenvalue weighted by Crippen LogP contribution is -2.09. The molecule has 0 bridgehead atoms. The maximum absolute atomic E-state index is 11.7. The van der Waals surface area contributed by atoms with E-state index in [9.17, 15) is 19.7 Å². The van der Waals surface area contributed by atoms with Crippen LogP contribution in [0.25, 0.3) is 0 Å². The summed E-state index contributed by atoms with van der Waals surface area (Å²) in [7, 11) is 0. The summed E-state index contributed by atoms with van der Waals surface area (Å²) in [4.78, 5) is 33.1. The number of hydrogen-bond acceptors (Lipinski definition) is 8. The lowest BCUT2D eigenvalue weighted by Gasteiger charge is -2.02. The Balaban J connectivity index is 2.81. The van der Waals surface area contributed by atoms with Gasteiger partial charge in [-0.2, -0.15) is 0 Å². The van der Waals surface area contributed by atoms with Crippen LogP contribution in [0.5, 0.6) is 0 Å². The molecule has 10 nitrogen and oxygen atoms in total. The van der Waals surface area contributed by atoms with Crippen molar-refractivity contribution in [3.8, 4) is 0 Å². The summed E-state index contributed by atoms with van der Waals surface area (Å²) in [5, 5.41) is 17.7. The highest BCUT2D eigenvalue weighted by Crippen LogP contribution is 2.15. The normalized spacial score (nSPS) is 11.2. The quantitative estimate of drug-likeness (QED) is 0.253. The molecule has 0 amide bonds. The second kappa shape index (κ2) is 9.66. The number of nitro groups is 1. The fourth-order valence-electron chi connectivity index (χ4n) is 1.42. The van der Waals surface area contributed by atoms with Gasteiger partial charge in [0, 0.05) is 12.1 Å². The van der Waals surface area contributed by atoms with Crippen molar-refractivity contribution in [2.75, 3.05) is 18.6 Å². The van der Waals surface area contributed by atoms with Crippen LogP contribution in [0.15, 0.2) is 46.4 Å². The third-order valence-corrected chi connectivity index (χ3v) is 2.44. The molecule has 0 heterocycles. The molecule has 128 valence electrons. The van der Waals surface area contributed by atoms with Gasteiger partial charge in [0.2, 0.25) is 0 Å². The minimum absolute atomic E-state index is 0.0769. The molecule has 24 heavy (non-hydrogen) atoms. The third kappa shape index (κ3) is 6.22. The highest BCUT2D eigenvalue weighted by atomic mass is 16.6. The molecule has 0 aromatic heterocycles. The van der Waals surface area contributed by atoms with Crippen LogP contribution in [-0.2, 0) is 19.1 Å². The Kier molecular flexibility index (Phi) is 7.55.